The molecule has 0 atom stereocenters. The van der Waals surface area contributed by atoms with Crippen molar-refractivity contribution in [1.82, 2.24) is 0 Å². The molecule has 0 bridgehead atoms. The highest BCUT2D eigenvalue weighted by Gasteiger charge is 2.18. The van der Waals surface area contributed by atoms with E-state index >= 15 is 0 Å². The maximum absolute atomic E-state index is 13.7. The quantitative estimate of drug-likeness (QED) is 0.619. The molecule has 0 aliphatic rings. The van der Waals surface area contributed by atoms with Crippen LogP contribution in [0.25, 0.3) is 0 Å². The SMILES string of the molecule is CCOC(=O)CCCNc1ccc(C(=O)OC)c(F)c1F. The maximum atomic E-state index is 13.7. The van der Waals surface area contributed by atoms with Gasteiger partial charge in [-0.25, -0.2) is 13.6 Å². The largest absolute Gasteiger partial charge is 0.466 e. The molecule has 0 spiro atoms. The molecule has 116 valence electrons. The van der Waals surface area contributed by atoms with Crippen molar-refractivity contribution in [3.05, 3.63) is 29.3 Å². The van der Waals surface area contributed by atoms with Crippen molar-refractivity contribution in [2.45, 2.75) is 19.8 Å². The molecule has 5 nitrogen and oxygen atoms in total. The zero-order valence-corrected chi connectivity index (χ0v) is 11.9. The van der Waals surface area contributed by atoms with Gasteiger partial charge in [0.2, 0.25) is 0 Å². The molecule has 1 rings (SSSR count). The maximum Gasteiger partial charge on any atom is 0.340 e. The van der Waals surface area contributed by atoms with Gasteiger partial charge in [0.25, 0.3) is 0 Å². The molecule has 0 radical (unpaired) electrons. The van der Waals surface area contributed by atoms with Crippen LogP contribution >= 0.6 is 0 Å². The van der Waals surface area contributed by atoms with Crippen molar-refractivity contribution in [2.24, 2.45) is 0 Å². The zero-order valence-electron chi connectivity index (χ0n) is 11.9. The molecule has 0 aliphatic carbocycles. The van der Waals surface area contributed by atoms with Crippen molar-refractivity contribution in [2.75, 3.05) is 25.6 Å². The molecule has 1 N–H and O–H groups in total. The van der Waals surface area contributed by atoms with Crippen molar-refractivity contribution in [1.29, 1.82) is 0 Å². The normalized spacial score (nSPS) is 10.1. The molecule has 0 aliphatic heterocycles. The molecular weight excluding hydrogens is 284 g/mol. The van der Waals surface area contributed by atoms with Crippen molar-refractivity contribution < 1.29 is 27.8 Å². The van der Waals surface area contributed by atoms with Crippen molar-refractivity contribution in [3.63, 3.8) is 0 Å². The first kappa shape index (κ1) is 16.9. The van der Waals surface area contributed by atoms with Crippen molar-refractivity contribution in [3.8, 4) is 0 Å². The van der Waals surface area contributed by atoms with E-state index in [0.717, 1.165) is 13.2 Å². The average molecular weight is 301 g/mol. The molecule has 0 fully saturated rings. The van der Waals surface area contributed by atoms with Gasteiger partial charge in [0.05, 0.1) is 25.0 Å². The highest BCUT2D eigenvalue weighted by atomic mass is 19.2. The Balaban J connectivity index is 2.59. The molecule has 0 heterocycles. The number of rotatable bonds is 7. The van der Waals surface area contributed by atoms with E-state index in [1.807, 2.05) is 0 Å². The van der Waals surface area contributed by atoms with Crippen LogP contribution in [-0.2, 0) is 14.3 Å². The van der Waals surface area contributed by atoms with Gasteiger partial charge in [-0.05, 0) is 25.5 Å². The topological polar surface area (TPSA) is 64.6 Å². The van der Waals surface area contributed by atoms with Gasteiger partial charge in [-0.3, -0.25) is 4.79 Å². The Hall–Kier alpha value is -2.18. The number of hydrogen-bond donors (Lipinski definition) is 1. The van der Waals surface area contributed by atoms with Crippen LogP contribution in [0.1, 0.15) is 30.1 Å². The van der Waals surface area contributed by atoms with Crippen molar-refractivity contribution >= 4 is 17.6 Å². The van der Waals surface area contributed by atoms with Crippen LogP contribution in [0.3, 0.4) is 0 Å². The van der Waals surface area contributed by atoms with Crippen LogP contribution in [0.15, 0.2) is 12.1 Å². The molecular formula is C14H17F2NO4. The number of carbonyl (C=O) groups is 2. The molecule has 0 unspecified atom stereocenters. The van der Waals surface area contributed by atoms with Crippen LogP contribution in [-0.4, -0.2) is 32.2 Å². The Morgan fingerprint density at radius 2 is 1.95 bits per heavy atom. The summed E-state index contributed by atoms with van der Waals surface area (Å²) >= 11 is 0. The van der Waals surface area contributed by atoms with Crippen LogP contribution < -0.4 is 5.32 Å². The first-order valence-electron chi connectivity index (χ1n) is 6.47. The first-order valence-corrected chi connectivity index (χ1v) is 6.47. The van der Waals surface area contributed by atoms with E-state index in [0.29, 0.717) is 13.0 Å². The highest BCUT2D eigenvalue weighted by molar-refractivity contribution is 5.90. The first-order chi connectivity index (χ1) is 10.0. The summed E-state index contributed by atoms with van der Waals surface area (Å²) in [5.74, 6) is -3.71. The summed E-state index contributed by atoms with van der Waals surface area (Å²) in [6.07, 6.45) is 0.601. The molecule has 21 heavy (non-hydrogen) atoms. The Kier molecular flexibility index (Phi) is 6.58. The van der Waals surface area contributed by atoms with Gasteiger partial charge in [-0.1, -0.05) is 0 Å². The monoisotopic (exact) mass is 301 g/mol. The number of carbonyl (C=O) groups excluding carboxylic acids is 2. The lowest BCUT2D eigenvalue weighted by atomic mass is 10.1. The number of nitrogens with one attached hydrogen (secondary N) is 1. The average Bonchev–Trinajstić information content (AvgIpc) is 2.47. The van der Waals surface area contributed by atoms with Gasteiger partial charge < -0.3 is 14.8 Å². The molecule has 0 aromatic heterocycles. The molecule has 0 saturated carbocycles. The summed E-state index contributed by atoms with van der Waals surface area (Å²) in [5, 5.41) is 2.66. The van der Waals surface area contributed by atoms with Crippen LogP contribution in [0.4, 0.5) is 14.5 Å². The fourth-order valence-corrected chi connectivity index (χ4v) is 1.64. The van der Waals surface area contributed by atoms with E-state index < -0.39 is 23.2 Å². The van der Waals surface area contributed by atoms with E-state index in [1.54, 1.807) is 6.92 Å². The number of halogens is 2. The number of esters is 2. The van der Waals surface area contributed by atoms with Crippen LogP contribution in [0.5, 0.6) is 0 Å². The van der Waals surface area contributed by atoms with Gasteiger partial charge in [0, 0.05) is 13.0 Å². The summed E-state index contributed by atoms with van der Waals surface area (Å²) in [6.45, 7) is 2.28. The van der Waals surface area contributed by atoms with Gasteiger partial charge >= 0.3 is 11.9 Å². The molecule has 1 aromatic rings. The van der Waals surface area contributed by atoms with Gasteiger partial charge in [-0.2, -0.15) is 0 Å². The van der Waals surface area contributed by atoms with Gasteiger partial charge in [0.1, 0.15) is 0 Å². The molecule has 7 heteroatoms. The highest BCUT2D eigenvalue weighted by Crippen LogP contribution is 2.21. The number of hydrogen-bond acceptors (Lipinski definition) is 5. The predicted molar refractivity (Wildman–Crippen MR) is 72.1 cm³/mol. The second-order valence-corrected chi connectivity index (χ2v) is 4.12. The number of benzene rings is 1. The minimum absolute atomic E-state index is 0.0796. The smallest absolute Gasteiger partial charge is 0.340 e. The zero-order chi connectivity index (χ0) is 15.8. The fourth-order valence-electron chi connectivity index (χ4n) is 1.64. The Bertz CT molecular complexity index is 520. The minimum Gasteiger partial charge on any atom is -0.466 e. The second-order valence-electron chi connectivity index (χ2n) is 4.12. The molecule has 1 aromatic carbocycles. The van der Waals surface area contributed by atoms with Gasteiger partial charge in [-0.15, -0.1) is 0 Å². The molecule has 0 saturated heterocycles. The van der Waals surface area contributed by atoms with E-state index in [9.17, 15) is 18.4 Å². The lowest BCUT2D eigenvalue weighted by molar-refractivity contribution is -0.143. The Morgan fingerprint density at radius 3 is 2.57 bits per heavy atom. The van der Waals surface area contributed by atoms with E-state index in [-0.39, 0.29) is 24.6 Å². The fraction of sp³-hybridized carbons (Fsp3) is 0.429. The Morgan fingerprint density at radius 1 is 1.24 bits per heavy atom. The predicted octanol–water partition coefficient (Wildman–Crippen LogP) is 2.51. The van der Waals surface area contributed by atoms with Gasteiger partial charge in [0.15, 0.2) is 11.6 Å². The number of anilines is 1. The summed E-state index contributed by atoms with van der Waals surface area (Å²) in [7, 11) is 1.08. The minimum atomic E-state index is -1.27. The van der Waals surface area contributed by atoms with Crippen LogP contribution in [0, 0.1) is 11.6 Å². The van der Waals surface area contributed by atoms with E-state index in [2.05, 4.69) is 10.1 Å². The number of ether oxygens (including phenoxy) is 2. The van der Waals surface area contributed by atoms with E-state index in [1.165, 1.54) is 6.07 Å². The molecule has 0 amide bonds. The standard InChI is InChI=1S/C14H17F2NO4/c1-3-21-11(18)5-4-8-17-10-7-6-9(14(19)20-2)12(15)13(10)16/h6-7,17H,3-5,8H2,1-2H3. The summed E-state index contributed by atoms with van der Waals surface area (Å²) in [6, 6.07) is 2.38. The third kappa shape index (κ3) is 4.70. The third-order valence-corrected chi connectivity index (χ3v) is 2.67. The lowest BCUT2D eigenvalue weighted by Gasteiger charge is -2.09. The summed E-state index contributed by atoms with van der Waals surface area (Å²) in [4.78, 5) is 22.3. The number of methoxy groups -OCH3 is 1. The Labute approximate surface area is 121 Å². The van der Waals surface area contributed by atoms with E-state index in [4.69, 9.17) is 4.74 Å². The lowest BCUT2D eigenvalue weighted by Crippen LogP contribution is -2.11. The third-order valence-electron chi connectivity index (χ3n) is 2.67. The second kappa shape index (κ2) is 8.18. The summed E-state index contributed by atoms with van der Waals surface area (Å²) < 4.78 is 36.5. The van der Waals surface area contributed by atoms with Crippen LogP contribution in [0.2, 0.25) is 0 Å². The summed E-state index contributed by atoms with van der Waals surface area (Å²) in [5.41, 5.74) is -0.545.